The molecule has 18 nitrogen and oxygen atoms in total. The SMILES string of the molecule is C=CC(=O)OCCCCCCOc1ccc(OC(=O)C2CCC(COc3ccc(OCC4CCC(C(=O)Oc5ccc(OCCCCCCOC(=O)C=C)cc5)CC4)c(/C=N/[N+](=C/COCCOCCO)c4nc5ccccc5s4)c3)CC2)cc1. The van der Waals surface area contributed by atoms with Crippen LogP contribution in [0.4, 0.5) is 5.13 Å². The molecule has 1 heterocycles. The predicted molar refractivity (Wildman–Crippen MR) is 325 cm³/mol. The molecular weight excluding hydrogens is 1110 g/mol. The summed E-state index contributed by atoms with van der Waals surface area (Å²) in [6.07, 6.45) is 19.0. The number of nitrogens with zero attached hydrogens (tertiary/aromatic N) is 3. The maximum atomic E-state index is 13.3. The third kappa shape index (κ3) is 23.5. The second-order valence-corrected chi connectivity index (χ2v) is 22.0. The molecule has 1 N–H and O–H groups in total. The average Bonchev–Trinajstić information content (AvgIpc) is 4.23. The number of ether oxygens (including phenoxy) is 10. The Bertz CT molecular complexity index is 2880. The molecule has 456 valence electrons. The van der Waals surface area contributed by atoms with Crippen molar-refractivity contribution < 1.29 is 76.3 Å². The number of fused-ring (bicyclic) bond motifs is 1. The Hall–Kier alpha value is -7.45. The monoisotopic (exact) mass is 1190 g/mol. The number of hydrazone groups is 1. The fourth-order valence-corrected chi connectivity index (χ4v) is 10.6. The van der Waals surface area contributed by atoms with Crippen LogP contribution in [-0.4, -0.2) is 124 Å². The number of carbonyl (C=O) groups excluding carboxylic acids is 4. The van der Waals surface area contributed by atoms with Crippen LogP contribution in [0.3, 0.4) is 0 Å². The van der Waals surface area contributed by atoms with Crippen molar-refractivity contribution in [2.45, 2.75) is 103 Å². The summed E-state index contributed by atoms with van der Waals surface area (Å²) in [5, 5.41) is 14.7. The molecule has 1 aromatic heterocycles. The van der Waals surface area contributed by atoms with Gasteiger partial charge >= 0.3 is 29.0 Å². The summed E-state index contributed by atoms with van der Waals surface area (Å²) < 4.78 is 60.4. The van der Waals surface area contributed by atoms with Gasteiger partial charge in [0, 0.05) is 17.7 Å². The number of hydrogen-bond donors (Lipinski definition) is 1. The van der Waals surface area contributed by atoms with Gasteiger partial charge in [-0.05, 0) is 210 Å². The molecule has 2 aliphatic carbocycles. The van der Waals surface area contributed by atoms with Crippen LogP contribution >= 0.6 is 11.3 Å². The van der Waals surface area contributed by atoms with E-state index in [0.717, 1.165) is 87.3 Å². The Kier molecular flexibility index (Phi) is 28.4. The Labute approximate surface area is 502 Å². The number of hydrogen-bond acceptors (Lipinski definition) is 18. The highest BCUT2D eigenvalue weighted by atomic mass is 32.1. The highest BCUT2D eigenvalue weighted by Crippen LogP contribution is 2.35. The average molecular weight is 1190 g/mol. The van der Waals surface area contributed by atoms with Crippen molar-refractivity contribution in [2.24, 2.45) is 28.8 Å². The van der Waals surface area contributed by atoms with Crippen LogP contribution < -0.4 is 28.4 Å². The van der Waals surface area contributed by atoms with Gasteiger partial charge in [-0.3, -0.25) is 9.59 Å². The lowest BCUT2D eigenvalue weighted by Crippen LogP contribution is -2.28. The molecule has 85 heavy (non-hydrogen) atoms. The number of carbonyl (C=O) groups is 4. The second-order valence-electron chi connectivity index (χ2n) is 21.0. The zero-order valence-corrected chi connectivity index (χ0v) is 49.5. The molecule has 0 unspecified atom stereocenters. The minimum absolute atomic E-state index is 0.0565. The molecule has 5 aromatic rings. The van der Waals surface area contributed by atoms with Gasteiger partial charge in [0.05, 0.1) is 88.8 Å². The quantitative estimate of drug-likeness (QED) is 0.00741. The van der Waals surface area contributed by atoms with E-state index >= 15 is 0 Å². The molecule has 0 saturated heterocycles. The Morgan fingerprint density at radius 2 is 1.07 bits per heavy atom. The molecule has 7 rings (SSSR count). The van der Waals surface area contributed by atoms with Gasteiger partial charge in [-0.1, -0.05) is 35.1 Å². The summed E-state index contributed by atoms with van der Waals surface area (Å²) in [6, 6.07) is 27.9. The van der Waals surface area contributed by atoms with E-state index in [2.05, 4.69) is 13.2 Å². The molecule has 0 radical (unpaired) electrons. The van der Waals surface area contributed by atoms with Gasteiger partial charge in [0.2, 0.25) is 0 Å². The minimum Gasteiger partial charge on any atom is -0.494 e. The van der Waals surface area contributed by atoms with Crippen LogP contribution in [0, 0.1) is 23.7 Å². The number of benzene rings is 4. The molecule has 2 aliphatic rings. The lowest BCUT2D eigenvalue weighted by molar-refractivity contribution is -0.441. The molecule has 2 saturated carbocycles. The largest absolute Gasteiger partial charge is 0.494 e. The van der Waals surface area contributed by atoms with Gasteiger partial charge in [-0.25, -0.2) is 9.59 Å². The Balaban J connectivity index is 0.899. The first-order valence-electron chi connectivity index (χ1n) is 29.8. The van der Waals surface area contributed by atoms with E-state index in [4.69, 9.17) is 62.6 Å². The molecule has 0 amide bonds. The number of thiazole rings is 1. The van der Waals surface area contributed by atoms with Crippen LogP contribution in [0.25, 0.3) is 10.2 Å². The van der Waals surface area contributed by atoms with Crippen molar-refractivity contribution in [1.29, 1.82) is 0 Å². The standard InChI is InChI=1S/C66H82N3O15S/c1-3-62(71)79-39-13-7-5-11-37-77-54-25-29-56(30-26-54)83-64(73)51-21-17-49(18-22-51)47-81-58-33-34-60(53(45-58)46-67-69(35-41-75-43-44-76-42-36-70)66-68-59-15-9-10-16-61(59)85-66)82-48-50-19-23-52(24-20-50)65(74)84-57-31-27-55(28-32-57)78-38-12-6-8-14-40-80-63(72)4-2/h3-4,9-10,15-16,25-35,45-46,49-52,70H,1-2,5-8,11-14,17-24,36-44,47-48H2/q+1/b67-46+,69-35+. The molecule has 0 bridgehead atoms. The lowest BCUT2D eigenvalue weighted by atomic mass is 9.82. The van der Waals surface area contributed by atoms with Gasteiger partial charge in [0.15, 0.2) is 5.52 Å². The van der Waals surface area contributed by atoms with Gasteiger partial charge in [0.1, 0.15) is 47.3 Å². The fraction of sp³-hybridized carbons (Fsp3) is 0.470. The number of esters is 4. The summed E-state index contributed by atoms with van der Waals surface area (Å²) in [5.41, 5.74) is 1.55. The molecule has 0 aliphatic heterocycles. The molecule has 2 fully saturated rings. The van der Waals surface area contributed by atoms with Crippen LogP contribution in [-0.2, 0) is 38.1 Å². The summed E-state index contributed by atoms with van der Waals surface area (Å²) in [5.74, 6) is 2.43. The third-order valence-corrected chi connectivity index (χ3v) is 15.6. The van der Waals surface area contributed by atoms with E-state index in [-0.39, 0.29) is 55.4 Å². The molecule has 0 atom stereocenters. The van der Waals surface area contributed by atoms with E-state index in [1.807, 2.05) is 72.9 Å². The Morgan fingerprint density at radius 1 is 0.565 bits per heavy atom. The van der Waals surface area contributed by atoms with E-state index in [9.17, 15) is 19.2 Å². The van der Waals surface area contributed by atoms with E-state index in [1.54, 1.807) is 35.2 Å². The van der Waals surface area contributed by atoms with E-state index < -0.39 is 11.9 Å². The van der Waals surface area contributed by atoms with Crippen LogP contribution in [0.5, 0.6) is 34.5 Å². The normalized spacial score (nSPS) is 17.0. The summed E-state index contributed by atoms with van der Waals surface area (Å²) in [6.45, 7) is 10.7. The van der Waals surface area contributed by atoms with Crippen molar-refractivity contribution in [2.75, 3.05) is 72.7 Å². The van der Waals surface area contributed by atoms with E-state index in [0.29, 0.717) is 124 Å². The lowest BCUT2D eigenvalue weighted by Gasteiger charge is -2.27. The molecule has 4 aromatic carbocycles. The highest BCUT2D eigenvalue weighted by molar-refractivity contribution is 7.21. The fourth-order valence-electron chi connectivity index (χ4n) is 9.71. The van der Waals surface area contributed by atoms with Gasteiger partial charge in [-0.2, -0.15) is 0 Å². The third-order valence-electron chi connectivity index (χ3n) is 14.6. The summed E-state index contributed by atoms with van der Waals surface area (Å²) in [7, 11) is 0. The van der Waals surface area contributed by atoms with Crippen molar-refractivity contribution in [3.8, 4) is 34.5 Å². The van der Waals surface area contributed by atoms with Gasteiger partial charge in [-0.15, -0.1) is 0 Å². The maximum Gasteiger partial charge on any atom is 0.408 e. The number of aliphatic hydroxyl groups is 1. The number of aliphatic hydroxyl groups excluding tert-OH is 1. The van der Waals surface area contributed by atoms with Crippen LogP contribution in [0.15, 0.2) is 121 Å². The number of aromatic nitrogens is 1. The van der Waals surface area contributed by atoms with Crippen molar-refractivity contribution in [3.05, 3.63) is 122 Å². The van der Waals surface area contributed by atoms with Gasteiger partial charge < -0.3 is 52.5 Å². The maximum absolute atomic E-state index is 13.3. The molecule has 19 heteroatoms. The Morgan fingerprint density at radius 3 is 1.61 bits per heavy atom. The topological polar surface area (TPSA) is 209 Å². The second kappa shape index (κ2) is 37.1. The van der Waals surface area contributed by atoms with Crippen LogP contribution in [0.1, 0.15) is 108 Å². The van der Waals surface area contributed by atoms with Crippen LogP contribution in [0.2, 0.25) is 0 Å². The number of unbranched alkanes of at least 4 members (excludes halogenated alkanes) is 6. The van der Waals surface area contributed by atoms with E-state index in [1.165, 1.54) is 23.5 Å². The van der Waals surface area contributed by atoms with Gasteiger partial charge in [0.25, 0.3) is 0 Å². The first-order chi connectivity index (χ1) is 41.7. The molecular formula is C66H82N3O15S+. The summed E-state index contributed by atoms with van der Waals surface area (Å²) in [4.78, 5) is 53.8. The van der Waals surface area contributed by atoms with Crippen molar-refractivity contribution in [1.82, 2.24) is 4.98 Å². The number of para-hydroxylation sites is 1. The first kappa shape index (κ1) is 65.1. The smallest absolute Gasteiger partial charge is 0.408 e. The number of rotatable bonds is 38. The highest BCUT2D eigenvalue weighted by Gasteiger charge is 2.30. The van der Waals surface area contributed by atoms with Crippen molar-refractivity contribution >= 4 is 63.0 Å². The minimum atomic E-state index is -0.401. The van der Waals surface area contributed by atoms with Crippen molar-refractivity contribution in [3.63, 3.8) is 0 Å². The zero-order valence-electron chi connectivity index (χ0n) is 48.7. The zero-order chi connectivity index (χ0) is 59.7. The summed E-state index contributed by atoms with van der Waals surface area (Å²) >= 11 is 1.51. The predicted octanol–water partition coefficient (Wildman–Crippen LogP) is 12.0. The molecule has 0 spiro atoms. The first-order valence-corrected chi connectivity index (χ1v) is 30.6.